The van der Waals surface area contributed by atoms with Gasteiger partial charge in [-0.25, -0.2) is 0 Å². The predicted octanol–water partition coefficient (Wildman–Crippen LogP) is 2.91. The van der Waals surface area contributed by atoms with Crippen LogP contribution in [0.4, 0.5) is 0 Å². The molecule has 0 aromatic heterocycles. The third kappa shape index (κ3) is 1120. The van der Waals surface area contributed by atoms with Gasteiger partial charge in [-0.15, -0.1) is 18.6 Å². The third-order valence-electron chi connectivity index (χ3n) is 0. The lowest BCUT2D eigenvalue weighted by molar-refractivity contribution is 1.50. The van der Waals surface area contributed by atoms with E-state index < -0.39 is 0 Å². The van der Waals surface area contributed by atoms with Crippen LogP contribution in [0.1, 0.15) is 27.7 Å². The Bertz CT molecular complexity index is 51.6. The fourth-order valence-corrected chi connectivity index (χ4v) is 0. The lowest BCUT2D eigenvalue weighted by Gasteiger charge is -1.65. The standard InChI is InChI=1S/C3H5B.C3H6.C2H6/c1-3(2)4;1-3-2;1-2/h1H2,2H3;3H,1H2,2H3;1-2H3. The lowest BCUT2D eigenvalue weighted by Crippen LogP contribution is -1.56. The van der Waals surface area contributed by atoms with Crippen molar-refractivity contribution in [1.29, 1.82) is 0 Å². The first-order valence-corrected chi connectivity index (χ1v) is 3.13. The van der Waals surface area contributed by atoms with E-state index in [4.69, 9.17) is 7.85 Å². The fourth-order valence-electron chi connectivity index (χ4n) is 0. The third-order valence-corrected chi connectivity index (χ3v) is 0. The number of allylic oxidation sites excluding steroid dienone is 2. The molecule has 0 aromatic carbocycles. The van der Waals surface area contributed by atoms with Gasteiger partial charge in [0.25, 0.3) is 0 Å². The first-order valence-electron chi connectivity index (χ1n) is 3.13. The molecule has 0 fully saturated rings. The molecule has 0 nitrogen and oxygen atoms in total. The molecule has 0 rings (SSSR count). The predicted molar refractivity (Wildman–Crippen MR) is 47.8 cm³/mol. The fraction of sp³-hybridized carbons (Fsp3) is 0.500. The van der Waals surface area contributed by atoms with E-state index in [2.05, 4.69) is 13.2 Å². The Morgan fingerprint density at radius 2 is 1.44 bits per heavy atom. The highest BCUT2D eigenvalue weighted by Crippen LogP contribution is 1.65. The monoisotopic (exact) mass is 124 g/mol. The van der Waals surface area contributed by atoms with E-state index in [0.717, 1.165) is 0 Å². The second-order valence-electron chi connectivity index (χ2n) is 1.25. The van der Waals surface area contributed by atoms with Gasteiger partial charge in [0.2, 0.25) is 0 Å². The molecule has 0 N–H and O–H groups in total. The van der Waals surface area contributed by atoms with E-state index in [1.807, 2.05) is 20.8 Å². The molecule has 1 heteroatoms. The summed E-state index contributed by atoms with van der Waals surface area (Å²) in [5, 5.41) is 0. The van der Waals surface area contributed by atoms with Gasteiger partial charge in [-0.3, -0.25) is 0 Å². The molecule has 52 valence electrons. The maximum atomic E-state index is 4.92. The molecule has 0 spiro atoms. The van der Waals surface area contributed by atoms with Crippen molar-refractivity contribution in [3.05, 3.63) is 24.7 Å². The maximum absolute atomic E-state index is 4.92. The molecule has 0 saturated heterocycles. The largest absolute Gasteiger partial charge is 0.128 e. The molecule has 9 heavy (non-hydrogen) atoms. The summed E-state index contributed by atoms with van der Waals surface area (Å²) in [5.41, 5.74) is 0.667. The van der Waals surface area contributed by atoms with Crippen molar-refractivity contribution in [3.8, 4) is 0 Å². The lowest BCUT2D eigenvalue weighted by atomic mass is 10.0. The smallest absolute Gasteiger partial charge is 0.106 e. The van der Waals surface area contributed by atoms with E-state index in [0.29, 0.717) is 5.47 Å². The van der Waals surface area contributed by atoms with Crippen LogP contribution in [0.15, 0.2) is 24.7 Å². The van der Waals surface area contributed by atoms with Gasteiger partial charge in [0.1, 0.15) is 7.85 Å². The summed E-state index contributed by atoms with van der Waals surface area (Å²) >= 11 is 0. The minimum Gasteiger partial charge on any atom is -0.128 e. The van der Waals surface area contributed by atoms with Gasteiger partial charge in [0.05, 0.1) is 0 Å². The zero-order valence-corrected chi connectivity index (χ0v) is 7.07. The van der Waals surface area contributed by atoms with Crippen LogP contribution in [-0.4, -0.2) is 7.85 Å². The zero-order chi connectivity index (χ0) is 8.28. The van der Waals surface area contributed by atoms with Gasteiger partial charge >= 0.3 is 0 Å². The van der Waals surface area contributed by atoms with Crippen molar-refractivity contribution in [1.82, 2.24) is 0 Å². The molecule has 0 unspecified atom stereocenters. The molecule has 0 bridgehead atoms. The van der Waals surface area contributed by atoms with Gasteiger partial charge in [0.15, 0.2) is 0 Å². The molecule has 0 atom stereocenters. The summed E-state index contributed by atoms with van der Waals surface area (Å²) in [4.78, 5) is 0. The molecule has 0 aliphatic heterocycles. The van der Waals surface area contributed by atoms with E-state index in [-0.39, 0.29) is 0 Å². The van der Waals surface area contributed by atoms with Gasteiger partial charge in [0, 0.05) is 0 Å². The molecule has 0 aliphatic rings. The Morgan fingerprint density at radius 3 is 1.44 bits per heavy atom. The summed E-state index contributed by atoms with van der Waals surface area (Å²) in [6.07, 6.45) is 1.75. The average Bonchev–Trinajstić information content (AvgIpc) is 1.71. The van der Waals surface area contributed by atoms with Gasteiger partial charge < -0.3 is 0 Å². The van der Waals surface area contributed by atoms with Crippen molar-refractivity contribution in [2.24, 2.45) is 0 Å². The van der Waals surface area contributed by atoms with Gasteiger partial charge in [-0.1, -0.05) is 26.8 Å². The van der Waals surface area contributed by atoms with Crippen LogP contribution >= 0.6 is 0 Å². The van der Waals surface area contributed by atoms with Crippen molar-refractivity contribution in [2.45, 2.75) is 27.7 Å². The molecule has 0 aromatic rings. The average molecular weight is 124 g/mol. The van der Waals surface area contributed by atoms with Crippen LogP contribution < -0.4 is 0 Å². The highest BCUT2D eigenvalue weighted by molar-refractivity contribution is 6.20. The Labute approximate surface area is 61.1 Å². The van der Waals surface area contributed by atoms with E-state index in [1.54, 1.807) is 13.0 Å². The summed E-state index contributed by atoms with van der Waals surface area (Å²) < 4.78 is 0. The number of rotatable bonds is 0. The first kappa shape index (κ1) is 15.8. The highest BCUT2D eigenvalue weighted by Gasteiger charge is 1.52. The second kappa shape index (κ2) is 25.7. The Balaban J connectivity index is -0.0000000646. The van der Waals surface area contributed by atoms with Gasteiger partial charge in [-0.2, -0.15) is 0 Å². The van der Waals surface area contributed by atoms with Gasteiger partial charge in [-0.05, 0) is 6.92 Å². The van der Waals surface area contributed by atoms with Crippen molar-refractivity contribution >= 4 is 7.85 Å². The topological polar surface area (TPSA) is 0 Å². The quantitative estimate of drug-likeness (QED) is 0.344. The Morgan fingerprint density at radius 1 is 1.44 bits per heavy atom. The molecule has 2 radical (unpaired) electrons. The summed E-state index contributed by atoms with van der Waals surface area (Å²) in [6, 6.07) is 0. The van der Waals surface area contributed by atoms with E-state index in [9.17, 15) is 0 Å². The molecular weight excluding hydrogens is 107 g/mol. The zero-order valence-electron chi connectivity index (χ0n) is 7.07. The summed E-state index contributed by atoms with van der Waals surface area (Å²) in [6.45, 7) is 14.3. The number of hydrogen-bond donors (Lipinski definition) is 0. The second-order valence-corrected chi connectivity index (χ2v) is 1.25. The molecule has 0 heterocycles. The first-order chi connectivity index (χ1) is 4.15. The van der Waals surface area contributed by atoms with Crippen molar-refractivity contribution < 1.29 is 0 Å². The SMILES string of the molecule is C=CC.CC.[B]C(=C)C. The van der Waals surface area contributed by atoms with Crippen LogP contribution in [0.25, 0.3) is 0 Å². The summed E-state index contributed by atoms with van der Waals surface area (Å²) in [5.74, 6) is 0. The van der Waals surface area contributed by atoms with Crippen LogP contribution in [0.3, 0.4) is 0 Å². The normalized spacial score (nSPS) is 4.89. The Kier molecular flexibility index (Phi) is 45.2. The van der Waals surface area contributed by atoms with Crippen LogP contribution in [-0.2, 0) is 0 Å². The molecule has 0 aliphatic carbocycles. The van der Waals surface area contributed by atoms with Crippen LogP contribution in [0, 0.1) is 0 Å². The van der Waals surface area contributed by atoms with E-state index in [1.165, 1.54) is 0 Å². The Hall–Kier alpha value is -0.455. The molecule has 0 amide bonds. The molecular formula is C8H17B. The van der Waals surface area contributed by atoms with Crippen molar-refractivity contribution in [3.63, 3.8) is 0 Å². The summed E-state index contributed by atoms with van der Waals surface area (Å²) in [7, 11) is 4.92. The van der Waals surface area contributed by atoms with E-state index >= 15 is 0 Å². The van der Waals surface area contributed by atoms with Crippen LogP contribution in [0.5, 0.6) is 0 Å². The minimum atomic E-state index is 0.667. The maximum Gasteiger partial charge on any atom is 0.106 e. The van der Waals surface area contributed by atoms with Crippen molar-refractivity contribution in [2.75, 3.05) is 0 Å². The molecule has 0 saturated carbocycles. The van der Waals surface area contributed by atoms with Crippen LogP contribution in [0.2, 0.25) is 0 Å². The highest BCUT2D eigenvalue weighted by atomic mass is 13.4. The number of hydrogen-bond acceptors (Lipinski definition) is 0. The minimum absolute atomic E-state index is 0.667.